The quantitative estimate of drug-likeness (QED) is 0.380. The molecular formula is C32H42N4O2S. The van der Waals surface area contributed by atoms with Gasteiger partial charge in [0.25, 0.3) is 10.0 Å². The summed E-state index contributed by atoms with van der Waals surface area (Å²) in [6.45, 7) is 11.9. The van der Waals surface area contributed by atoms with Crippen LogP contribution in [0.1, 0.15) is 36.5 Å². The monoisotopic (exact) mass is 546 g/mol. The summed E-state index contributed by atoms with van der Waals surface area (Å²) in [4.78, 5) is 8.07. The fourth-order valence-electron chi connectivity index (χ4n) is 5.95. The fourth-order valence-corrected chi connectivity index (χ4v) is 7.00. The average Bonchev–Trinajstić information content (AvgIpc) is 2.95. The molecule has 1 N–H and O–H groups in total. The van der Waals surface area contributed by atoms with E-state index in [0.717, 1.165) is 77.1 Å². The van der Waals surface area contributed by atoms with Crippen LogP contribution in [-0.4, -0.2) is 70.1 Å². The number of benzene rings is 3. The van der Waals surface area contributed by atoms with E-state index in [1.54, 1.807) is 12.1 Å². The molecule has 1 aliphatic carbocycles. The van der Waals surface area contributed by atoms with E-state index < -0.39 is 10.0 Å². The van der Waals surface area contributed by atoms with Gasteiger partial charge in [0.05, 0.1) is 4.90 Å². The van der Waals surface area contributed by atoms with E-state index in [4.69, 9.17) is 0 Å². The van der Waals surface area contributed by atoms with Gasteiger partial charge in [-0.15, -0.1) is 0 Å². The van der Waals surface area contributed by atoms with Gasteiger partial charge < -0.3 is 4.90 Å². The molecule has 1 saturated heterocycles. The van der Waals surface area contributed by atoms with Crippen molar-refractivity contribution < 1.29 is 8.42 Å². The fraction of sp³-hybridized carbons (Fsp3) is 0.438. The number of fused-ring (bicyclic) bond motifs is 1. The SMILES string of the molecule is CCCN(CCN1CCN(c2ccccc2)CC1)C1CCc2ccc(NS(=O)(=O)c3ccc(C)cc3)cc2C1. The molecule has 0 aromatic heterocycles. The van der Waals surface area contributed by atoms with Crippen molar-refractivity contribution in [3.05, 3.63) is 89.5 Å². The Morgan fingerprint density at radius 2 is 1.64 bits per heavy atom. The molecule has 0 bridgehead atoms. The summed E-state index contributed by atoms with van der Waals surface area (Å²) in [6.07, 6.45) is 4.31. The molecular weight excluding hydrogens is 504 g/mol. The number of anilines is 2. The standard InChI is InChI=1S/C32H42N4O2S/c1-3-17-35(21-18-34-19-22-36(23-20-34)30-7-5-4-6-8-30)31-14-12-27-11-13-29(24-28(27)25-31)33-39(37,38)32-15-9-26(2)10-16-32/h4-11,13,15-16,24,31,33H,3,12,14,17-23,25H2,1-2H3. The van der Waals surface area contributed by atoms with Crippen molar-refractivity contribution in [2.75, 3.05) is 55.4 Å². The Balaban J connectivity index is 1.18. The van der Waals surface area contributed by atoms with E-state index >= 15 is 0 Å². The molecule has 1 fully saturated rings. The highest BCUT2D eigenvalue weighted by molar-refractivity contribution is 7.92. The summed E-state index contributed by atoms with van der Waals surface area (Å²) in [6, 6.07) is 24.3. The minimum Gasteiger partial charge on any atom is -0.369 e. The Morgan fingerprint density at radius 3 is 2.36 bits per heavy atom. The summed E-state index contributed by atoms with van der Waals surface area (Å²) in [5.41, 5.74) is 5.63. The maximum absolute atomic E-state index is 12.9. The lowest BCUT2D eigenvalue weighted by Crippen LogP contribution is -2.50. The number of hydrogen-bond acceptors (Lipinski definition) is 5. The molecule has 39 heavy (non-hydrogen) atoms. The summed E-state index contributed by atoms with van der Waals surface area (Å²) in [5.74, 6) is 0. The molecule has 0 amide bonds. The number of nitrogens with one attached hydrogen (secondary N) is 1. The number of sulfonamides is 1. The summed E-state index contributed by atoms with van der Waals surface area (Å²) < 4.78 is 28.7. The Bertz CT molecular complexity index is 1320. The van der Waals surface area contributed by atoms with E-state index in [1.165, 1.54) is 16.8 Å². The lowest BCUT2D eigenvalue weighted by atomic mass is 9.87. The molecule has 0 spiro atoms. The minimum atomic E-state index is -3.61. The third-order valence-electron chi connectivity index (χ3n) is 8.22. The second-order valence-corrected chi connectivity index (χ2v) is 12.7. The van der Waals surface area contributed by atoms with Gasteiger partial charge >= 0.3 is 0 Å². The van der Waals surface area contributed by atoms with Gasteiger partial charge in [-0.3, -0.25) is 14.5 Å². The van der Waals surface area contributed by atoms with Crippen LogP contribution in [0.15, 0.2) is 77.7 Å². The number of aryl methyl sites for hydroxylation is 2. The van der Waals surface area contributed by atoms with Crippen LogP contribution in [0.5, 0.6) is 0 Å². The molecule has 0 radical (unpaired) electrons. The average molecular weight is 547 g/mol. The first-order valence-corrected chi connectivity index (χ1v) is 15.9. The topological polar surface area (TPSA) is 55.9 Å². The van der Waals surface area contributed by atoms with Crippen LogP contribution in [0.4, 0.5) is 11.4 Å². The molecule has 1 unspecified atom stereocenters. The molecule has 3 aromatic rings. The van der Waals surface area contributed by atoms with Crippen molar-refractivity contribution in [1.29, 1.82) is 0 Å². The van der Waals surface area contributed by atoms with E-state index in [0.29, 0.717) is 16.6 Å². The molecule has 7 heteroatoms. The van der Waals surface area contributed by atoms with E-state index in [2.05, 4.69) is 68.8 Å². The maximum Gasteiger partial charge on any atom is 0.261 e. The maximum atomic E-state index is 12.9. The predicted molar refractivity (Wildman–Crippen MR) is 161 cm³/mol. The van der Waals surface area contributed by atoms with Crippen molar-refractivity contribution >= 4 is 21.4 Å². The molecule has 3 aromatic carbocycles. The largest absolute Gasteiger partial charge is 0.369 e. The highest BCUT2D eigenvalue weighted by Crippen LogP contribution is 2.28. The van der Waals surface area contributed by atoms with Crippen molar-refractivity contribution in [3.63, 3.8) is 0 Å². The van der Waals surface area contributed by atoms with Gasteiger partial charge in [0.1, 0.15) is 0 Å². The number of piperazine rings is 1. The van der Waals surface area contributed by atoms with Crippen molar-refractivity contribution in [1.82, 2.24) is 9.80 Å². The highest BCUT2D eigenvalue weighted by Gasteiger charge is 2.26. The van der Waals surface area contributed by atoms with Gasteiger partial charge in [0, 0.05) is 56.7 Å². The molecule has 208 valence electrons. The third-order valence-corrected chi connectivity index (χ3v) is 9.61. The van der Waals surface area contributed by atoms with Crippen LogP contribution in [-0.2, 0) is 22.9 Å². The second kappa shape index (κ2) is 12.5. The molecule has 0 saturated carbocycles. The van der Waals surface area contributed by atoms with Gasteiger partial charge in [0.15, 0.2) is 0 Å². The lowest BCUT2D eigenvalue weighted by molar-refractivity contribution is 0.145. The number of rotatable bonds is 10. The zero-order chi connectivity index (χ0) is 27.2. The zero-order valence-electron chi connectivity index (χ0n) is 23.4. The van der Waals surface area contributed by atoms with Gasteiger partial charge in [0.2, 0.25) is 0 Å². The van der Waals surface area contributed by atoms with E-state index in [1.807, 2.05) is 25.1 Å². The molecule has 1 atom stereocenters. The summed E-state index contributed by atoms with van der Waals surface area (Å²) in [5, 5.41) is 0. The Morgan fingerprint density at radius 1 is 0.897 bits per heavy atom. The third kappa shape index (κ3) is 7.02. The lowest BCUT2D eigenvalue weighted by Gasteiger charge is -2.39. The van der Waals surface area contributed by atoms with Crippen molar-refractivity contribution in [2.24, 2.45) is 0 Å². The summed E-state index contributed by atoms with van der Waals surface area (Å²) in [7, 11) is -3.61. The second-order valence-electron chi connectivity index (χ2n) is 11.0. The van der Waals surface area contributed by atoms with Crippen LogP contribution < -0.4 is 9.62 Å². The first kappa shape index (κ1) is 27.7. The van der Waals surface area contributed by atoms with Crippen LogP contribution in [0, 0.1) is 6.92 Å². The molecule has 1 aliphatic heterocycles. The van der Waals surface area contributed by atoms with Crippen LogP contribution in [0.3, 0.4) is 0 Å². The summed E-state index contributed by atoms with van der Waals surface area (Å²) >= 11 is 0. The van der Waals surface area contributed by atoms with E-state index in [-0.39, 0.29) is 0 Å². The zero-order valence-corrected chi connectivity index (χ0v) is 24.2. The van der Waals surface area contributed by atoms with Gasteiger partial charge in [-0.1, -0.05) is 48.9 Å². The molecule has 6 nitrogen and oxygen atoms in total. The Kier molecular flexibility index (Phi) is 8.90. The first-order chi connectivity index (χ1) is 18.9. The van der Waals surface area contributed by atoms with Gasteiger partial charge in [-0.25, -0.2) is 8.42 Å². The van der Waals surface area contributed by atoms with Crippen LogP contribution in [0.2, 0.25) is 0 Å². The normalized spacial score (nSPS) is 18.2. The van der Waals surface area contributed by atoms with Crippen molar-refractivity contribution in [2.45, 2.75) is 50.5 Å². The smallest absolute Gasteiger partial charge is 0.261 e. The highest BCUT2D eigenvalue weighted by atomic mass is 32.2. The van der Waals surface area contributed by atoms with Crippen molar-refractivity contribution in [3.8, 4) is 0 Å². The Hall–Kier alpha value is -2.87. The predicted octanol–water partition coefficient (Wildman–Crippen LogP) is 5.19. The number of nitrogens with zero attached hydrogens (tertiary/aromatic N) is 3. The minimum absolute atomic E-state index is 0.294. The Labute approximate surface area is 234 Å². The molecule has 2 aliphatic rings. The molecule has 5 rings (SSSR count). The van der Waals surface area contributed by atoms with Crippen LogP contribution in [0.25, 0.3) is 0 Å². The van der Waals surface area contributed by atoms with Gasteiger partial charge in [-0.2, -0.15) is 0 Å². The molecule has 1 heterocycles. The van der Waals surface area contributed by atoms with Gasteiger partial charge in [-0.05, 0) is 86.7 Å². The van der Waals surface area contributed by atoms with Crippen LogP contribution >= 0.6 is 0 Å². The number of para-hydroxylation sites is 1. The van der Waals surface area contributed by atoms with E-state index in [9.17, 15) is 8.42 Å². The first-order valence-electron chi connectivity index (χ1n) is 14.4. The number of hydrogen-bond donors (Lipinski definition) is 1.